The van der Waals surface area contributed by atoms with E-state index >= 15 is 0 Å². The lowest BCUT2D eigenvalue weighted by molar-refractivity contribution is 0.0149. The molecule has 0 aliphatic carbocycles. The van der Waals surface area contributed by atoms with Gasteiger partial charge in [-0.2, -0.15) is 3.89 Å². The average Bonchev–Trinajstić information content (AvgIpc) is 2.35. The van der Waals surface area contributed by atoms with E-state index < -0.39 is 11.8 Å². The lowest BCUT2D eigenvalue weighted by Gasteiger charge is -2.19. The Morgan fingerprint density at radius 3 is 2.25 bits per heavy atom. The monoisotopic (exact) mass is 296 g/mol. The minimum Gasteiger partial charge on any atom is -0.428 e. The zero-order valence-corrected chi connectivity index (χ0v) is 12.6. The molecule has 0 atom stereocenters. The van der Waals surface area contributed by atoms with E-state index in [1.165, 1.54) is 0 Å². The summed E-state index contributed by atoms with van der Waals surface area (Å²) in [6.45, 7) is 12.5. The van der Waals surface area contributed by atoms with Crippen LogP contribution in [-0.2, 0) is 9.47 Å². The van der Waals surface area contributed by atoms with Crippen LogP contribution in [0.15, 0.2) is 37.4 Å². The molecule has 1 aromatic rings. The van der Waals surface area contributed by atoms with E-state index in [0.717, 1.165) is 0 Å². The van der Waals surface area contributed by atoms with Gasteiger partial charge in [0.1, 0.15) is 11.4 Å². The first-order valence-corrected chi connectivity index (χ1v) is 6.63. The molecule has 1 rings (SSSR count). The van der Waals surface area contributed by atoms with Gasteiger partial charge in [0, 0.05) is 16.0 Å². The molecule has 0 saturated carbocycles. The molecule has 0 aliphatic heterocycles. The third-order valence-electron chi connectivity index (χ3n) is 2.22. The number of benzene rings is 1. The van der Waals surface area contributed by atoms with E-state index in [2.05, 4.69) is 13.2 Å². The molecule has 0 amide bonds. The zero-order valence-electron chi connectivity index (χ0n) is 11.7. The van der Waals surface area contributed by atoms with Crippen LogP contribution in [0, 0.1) is 0 Å². The van der Waals surface area contributed by atoms with Crippen molar-refractivity contribution in [3.63, 3.8) is 0 Å². The highest BCUT2D eigenvalue weighted by molar-refractivity contribution is 8.03. The van der Waals surface area contributed by atoms with Crippen LogP contribution in [-0.4, -0.2) is 11.8 Å². The van der Waals surface area contributed by atoms with Gasteiger partial charge < -0.3 is 9.47 Å². The maximum atomic E-state index is 12.7. The molecular formula is C15H17FO3S. The molecule has 0 spiro atoms. The van der Waals surface area contributed by atoms with Gasteiger partial charge in [0.25, 0.3) is 0 Å². The number of carbonyl (C=O) groups is 1. The second kappa shape index (κ2) is 6.61. The minimum absolute atomic E-state index is 0.0311. The largest absolute Gasteiger partial charge is 0.514 e. The van der Waals surface area contributed by atoms with Crippen molar-refractivity contribution in [3.05, 3.63) is 48.6 Å². The number of rotatable bonds is 4. The fourth-order valence-corrected chi connectivity index (χ4v) is 1.70. The molecule has 108 valence electrons. The molecule has 0 aromatic heterocycles. The maximum Gasteiger partial charge on any atom is 0.514 e. The molecular weight excluding hydrogens is 279 g/mol. The molecule has 0 bridgehead atoms. The highest BCUT2D eigenvalue weighted by Crippen LogP contribution is 2.32. The summed E-state index contributed by atoms with van der Waals surface area (Å²) in [5.41, 5.74) is 0.358. The molecule has 0 N–H and O–H groups in total. The van der Waals surface area contributed by atoms with Gasteiger partial charge in [-0.15, -0.1) is 0 Å². The number of hydrogen-bond donors (Lipinski definition) is 0. The van der Waals surface area contributed by atoms with Crippen LogP contribution < -0.4 is 0 Å². The summed E-state index contributed by atoms with van der Waals surface area (Å²) in [6.07, 6.45) is -0.851. The summed E-state index contributed by atoms with van der Waals surface area (Å²) in [4.78, 5) is 11.8. The van der Waals surface area contributed by atoms with Crippen molar-refractivity contribution in [2.24, 2.45) is 0 Å². The summed E-state index contributed by atoms with van der Waals surface area (Å²) >= 11 is 0.0311. The summed E-state index contributed by atoms with van der Waals surface area (Å²) < 4.78 is 22.7. The van der Waals surface area contributed by atoms with Crippen LogP contribution in [0.5, 0.6) is 0 Å². The number of halogens is 1. The molecule has 0 heterocycles. The Balaban J connectivity index is 2.88. The SMILES string of the molecule is C=C(OC(=O)OC(C)(C)C)c1ccccc1C(=C)SF. The average molecular weight is 296 g/mol. The third-order valence-corrected chi connectivity index (χ3v) is 2.62. The van der Waals surface area contributed by atoms with Gasteiger partial charge in [-0.25, -0.2) is 4.79 Å². The van der Waals surface area contributed by atoms with E-state index in [1.807, 2.05) is 0 Å². The number of ether oxygens (including phenoxy) is 2. The van der Waals surface area contributed by atoms with Crippen LogP contribution in [0.2, 0.25) is 0 Å². The van der Waals surface area contributed by atoms with Gasteiger partial charge in [-0.1, -0.05) is 37.4 Å². The van der Waals surface area contributed by atoms with Crippen molar-refractivity contribution >= 4 is 29.0 Å². The highest BCUT2D eigenvalue weighted by Gasteiger charge is 2.20. The van der Waals surface area contributed by atoms with Crippen molar-refractivity contribution < 1.29 is 18.2 Å². The van der Waals surface area contributed by atoms with Crippen LogP contribution in [0.4, 0.5) is 8.68 Å². The van der Waals surface area contributed by atoms with Crippen LogP contribution in [0.1, 0.15) is 31.9 Å². The Kier molecular flexibility index (Phi) is 5.39. The molecule has 0 fully saturated rings. The lowest BCUT2D eigenvalue weighted by Crippen LogP contribution is -2.24. The predicted octanol–water partition coefficient (Wildman–Crippen LogP) is 5.20. The first kappa shape index (κ1) is 16.3. The van der Waals surface area contributed by atoms with Gasteiger partial charge in [-0.3, -0.25) is 0 Å². The van der Waals surface area contributed by atoms with Gasteiger partial charge in [0.05, 0.1) is 12.1 Å². The lowest BCUT2D eigenvalue weighted by atomic mass is 10.1. The Morgan fingerprint density at radius 1 is 1.20 bits per heavy atom. The van der Waals surface area contributed by atoms with Crippen LogP contribution in [0.3, 0.4) is 0 Å². The first-order chi connectivity index (χ1) is 9.24. The van der Waals surface area contributed by atoms with Gasteiger partial charge in [-0.05, 0) is 20.8 Å². The van der Waals surface area contributed by atoms with Crippen molar-refractivity contribution in [3.8, 4) is 0 Å². The van der Waals surface area contributed by atoms with Crippen molar-refractivity contribution in [1.82, 2.24) is 0 Å². The Bertz CT molecular complexity index is 532. The first-order valence-electron chi connectivity index (χ1n) is 5.91. The summed E-state index contributed by atoms with van der Waals surface area (Å²) in [5, 5.41) is 0. The van der Waals surface area contributed by atoms with Crippen molar-refractivity contribution in [1.29, 1.82) is 0 Å². The summed E-state index contributed by atoms with van der Waals surface area (Å²) in [7, 11) is 0. The van der Waals surface area contributed by atoms with Crippen LogP contribution >= 0.6 is 12.1 Å². The topological polar surface area (TPSA) is 35.5 Å². The van der Waals surface area contributed by atoms with E-state index in [1.54, 1.807) is 45.0 Å². The molecule has 3 nitrogen and oxygen atoms in total. The predicted molar refractivity (Wildman–Crippen MR) is 80.5 cm³/mol. The molecule has 0 saturated heterocycles. The normalized spacial score (nSPS) is 10.8. The Labute approximate surface area is 122 Å². The fourth-order valence-electron chi connectivity index (χ4n) is 1.44. The van der Waals surface area contributed by atoms with E-state index in [0.29, 0.717) is 11.1 Å². The Morgan fingerprint density at radius 2 is 1.75 bits per heavy atom. The molecule has 5 heteroatoms. The van der Waals surface area contributed by atoms with Crippen LogP contribution in [0.25, 0.3) is 10.7 Å². The fraction of sp³-hybridized carbons (Fsp3) is 0.267. The van der Waals surface area contributed by atoms with Gasteiger partial charge in [0.15, 0.2) is 0 Å². The van der Waals surface area contributed by atoms with Gasteiger partial charge >= 0.3 is 6.16 Å². The Hall–Kier alpha value is -1.75. The van der Waals surface area contributed by atoms with Crippen molar-refractivity contribution in [2.75, 3.05) is 0 Å². The summed E-state index contributed by atoms with van der Waals surface area (Å²) in [5.74, 6) is 0.0880. The third kappa shape index (κ3) is 4.74. The zero-order chi connectivity index (χ0) is 15.3. The molecule has 1 aromatic carbocycles. The number of hydrogen-bond acceptors (Lipinski definition) is 4. The van der Waals surface area contributed by atoms with Crippen molar-refractivity contribution in [2.45, 2.75) is 26.4 Å². The maximum absolute atomic E-state index is 12.7. The minimum atomic E-state index is -0.851. The highest BCUT2D eigenvalue weighted by atomic mass is 32.2. The molecule has 0 unspecified atom stereocenters. The second-order valence-corrected chi connectivity index (χ2v) is 5.68. The molecule has 0 aliphatic rings. The molecule has 0 radical (unpaired) electrons. The summed E-state index contributed by atoms with van der Waals surface area (Å²) in [6, 6.07) is 6.82. The van der Waals surface area contributed by atoms with E-state index in [4.69, 9.17) is 9.47 Å². The smallest absolute Gasteiger partial charge is 0.428 e. The molecule has 20 heavy (non-hydrogen) atoms. The second-order valence-electron chi connectivity index (χ2n) is 5.04. The number of carbonyl (C=O) groups excluding carboxylic acids is 1. The van der Waals surface area contributed by atoms with E-state index in [9.17, 15) is 8.68 Å². The standard InChI is InChI=1S/C15H17FO3S/c1-10(18-14(17)19-15(3,4)5)12-8-6-7-9-13(12)11(2)20-16/h6-9H,1-2H2,3-5H3. The van der Waals surface area contributed by atoms with E-state index in [-0.39, 0.29) is 22.8 Å². The quantitative estimate of drug-likeness (QED) is 0.565. The van der Waals surface area contributed by atoms with Gasteiger partial charge in [0.2, 0.25) is 0 Å².